The quantitative estimate of drug-likeness (QED) is 0.582. The maximum absolute atomic E-state index is 12.3. The number of rotatable bonds is 8. The summed E-state index contributed by atoms with van der Waals surface area (Å²) in [4.78, 5) is 27.2. The fourth-order valence-electron chi connectivity index (χ4n) is 4.30. The number of nitrogens with zero attached hydrogens (tertiary/aromatic N) is 1. The lowest BCUT2D eigenvalue weighted by Gasteiger charge is -2.27. The molecular formula is C26H36N4O2. The summed E-state index contributed by atoms with van der Waals surface area (Å²) in [5, 5.41) is 8.88. The van der Waals surface area contributed by atoms with Crippen molar-refractivity contribution in [3.8, 4) is 0 Å². The van der Waals surface area contributed by atoms with Gasteiger partial charge in [0, 0.05) is 30.5 Å². The van der Waals surface area contributed by atoms with Crippen molar-refractivity contribution < 1.29 is 9.59 Å². The van der Waals surface area contributed by atoms with Crippen LogP contribution in [0, 0.1) is 26.7 Å². The van der Waals surface area contributed by atoms with E-state index in [2.05, 4.69) is 47.7 Å². The van der Waals surface area contributed by atoms with Gasteiger partial charge < -0.3 is 16.0 Å². The minimum absolute atomic E-state index is 0.0557. The molecule has 1 atom stereocenters. The zero-order valence-corrected chi connectivity index (χ0v) is 20.1. The van der Waals surface area contributed by atoms with Crippen LogP contribution in [0.1, 0.15) is 48.6 Å². The number of nitrogens with one attached hydrogen (secondary N) is 3. The fraction of sp³-hybridized carbons (Fsp3) is 0.462. The number of fused-ring (bicyclic) bond motifs is 1. The van der Waals surface area contributed by atoms with Gasteiger partial charge in [0.25, 0.3) is 0 Å². The summed E-state index contributed by atoms with van der Waals surface area (Å²) in [5.41, 5.74) is 7.57. The molecule has 0 saturated carbocycles. The van der Waals surface area contributed by atoms with Gasteiger partial charge in [-0.2, -0.15) is 0 Å². The van der Waals surface area contributed by atoms with E-state index in [1.54, 1.807) is 0 Å². The van der Waals surface area contributed by atoms with Gasteiger partial charge in [0.2, 0.25) is 11.8 Å². The molecule has 0 spiro atoms. The highest BCUT2D eigenvalue weighted by Crippen LogP contribution is 2.31. The molecule has 3 N–H and O–H groups in total. The van der Waals surface area contributed by atoms with Gasteiger partial charge in [-0.05, 0) is 61.9 Å². The Bertz CT molecular complexity index is 976. The van der Waals surface area contributed by atoms with Crippen LogP contribution in [0.5, 0.6) is 0 Å². The van der Waals surface area contributed by atoms with Gasteiger partial charge >= 0.3 is 0 Å². The lowest BCUT2D eigenvalue weighted by molar-refractivity contribution is -0.122. The lowest BCUT2D eigenvalue weighted by Crippen LogP contribution is -2.36. The monoisotopic (exact) mass is 436 g/mol. The SMILES string of the molecule is Cc1cc(C)c(NC(=O)CNC(=O)CNc2cccc3c2CN(C(C)C(C)C)C3)c(C)c1. The van der Waals surface area contributed by atoms with Gasteiger partial charge in [-0.25, -0.2) is 0 Å². The summed E-state index contributed by atoms with van der Waals surface area (Å²) in [7, 11) is 0. The van der Waals surface area contributed by atoms with Crippen molar-refractivity contribution in [2.75, 3.05) is 23.7 Å². The van der Waals surface area contributed by atoms with Crippen molar-refractivity contribution in [2.24, 2.45) is 5.92 Å². The molecule has 1 aliphatic rings. The summed E-state index contributed by atoms with van der Waals surface area (Å²) < 4.78 is 0. The number of amides is 2. The summed E-state index contributed by atoms with van der Waals surface area (Å²) in [6.07, 6.45) is 0. The fourth-order valence-corrected chi connectivity index (χ4v) is 4.30. The average Bonchev–Trinajstić information content (AvgIpc) is 3.17. The van der Waals surface area contributed by atoms with Crippen LogP contribution >= 0.6 is 0 Å². The third-order valence-electron chi connectivity index (χ3n) is 6.38. The molecule has 6 nitrogen and oxygen atoms in total. The molecule has 0 bridgehead atoms. The van der Waals surface area contributed by atoms with E-state index in [1.807, 2.05) is 45.0 Å². The van der Waals surface area contributed by atoms with Crippen molar-refractivity contribution in [3.05, 3.63) is 58.1 Å². The number of carbonyl (C=O) groups is 2. The smallest absolute Gasteiger partial charge is 0.243 e. The standard InChI is InChI=1S/C26H36N4O2/c1-16(2)20(6)30-14-21-8-7-9-23(22(21)15-30)27-12-24(31)28-13-25(32)29-26-18(4)10-17(3)11-19(26)5/h7-11,16,20,27H,12-15H2,1-6H3,(H,28,31)(H,29,32). The number of anilines is 2. The van der Waals surface area contributed by atoms with Crippen LogP contribution in [0.3, 0.4) is 0 Å². The summed E-state index contributed by atoms with van der Waals surface area (Å²) in [6.45, 7) is 14.6. The van der Waals surface area contributed by atoms with E-state index in [1.165, 1.54) is 11.1 Å². The highest BCUT2D eigenvalue weighted by atomic mass is 16.2. The van der Waals surface area contributed by atoms with Gasteiger partial charge in [-0.15, -0.1) is 0 Å². The van der Waals surface area contributed by atoms with Crippen LogP contribution in [0.15, 0.2) is 30.3 Å². The maximum atomic E-state index is 12.3. The zero-order valence-electron chi connectivity index (χ0n) is 20.1. The van der Waals surface area contributed by atoms with E-state index in [0.29, 0.717) is 12.0 Å². The second kappa shape index (κ2) is 10.2. The van der Waals surface area contributed by atoms with E-state index in [4.69, 9.17) is 0 Å². The third kappa shape index (κ3) is 5.68. The first-order chi connectivity index (χ1) is 15.2. The van der Waals surface area contributed by atoms with Crippen LogP contribution in [-0.2, 0) is 22.7 Å². The minimum atomic E-state index is -0.229. The van der Waals surface area contributed by atoms with E-state index in [9.17, 15) is 9.59 Å². The zero-order chi connectivity index (χ0) is 23.4. The first-order valence-corrected chi connectivity index (χ1v) is 11.4. The molecule has 0 aliphatic carbocycles. The normalized spacial score (nSPS) is 14.2. The molecule has 0 saturated heterocycles. The third-order valence-corrected chi connectivity index (χ3v) is 6.38. The molecule has 2 aromatic rings. The second-order valence-electron chi connectivity index (χ2n) is 9.29. The summed E-state index contributed by atoms with van der Waals surface area (Å²) in [5.74, 6) is 0.151. The Morgan fingerprint density at radius 3 is 2.31 bits per heavy atom. The Morgan fingerprint density at radius 1 is 0.969 bits per heavy atom. The predicted octanol–water partition coefficient (Wildman–Crippen LogP) is 4.14. The number of aryl methyl sites for hydroxylation is 3. The van der Waals surface area contributed by atoms with Crippen molar-refractivity contribution in [1.82, 2.24) is 10.2 Å². The Hall–Kier alpha value is -2.86. The molecule has 0 fully saturated rings. The van der Waals surface area contributed by atoms with Gasteiger partial charge in [0.1, 0.15) is 0 Å². The van der Waals surface area contributed by atoms with Crippen molar-refractivity contribution in [3.63, 3.8) is 0 Å². The molecule has 2 amide bonds. The Balaban J connectivity index is 1.51. The maximum Gasteiger partial charge on any atom is 0.243 e. The first kappa shape index (κ1) is 23.8. The van der Waals surface area contributed by atoms with Crippen LogP contribution in [0.2, 0.25) is 0 Å². The highest BCUT2D eigenvalue weighted by Gasteiger charge is 2.26. The van der Waals surface area contributed by atoms with Gasteiger partial charge in [0.05, 0.1) is 13.1 Å². The van der Waals surface area contributed by atoms with E-state index < -0.39 is 0 Å². The molecule has 6 heteroatoms. The molecular weight excluding hydrogens is 400 g/mol. The van der Waals surface area contributed by atoms with Crippen molar-refractivity contribution in [1.29, 1.82) is 0 Å². The molecule has 0 radical (unpaired) electrons. The highest BCUT2D eigenvalue weighted by molar-refractivity contribution is 5.96. The summed E-state index contributed by atoms with van der Waals surface area (Å²) >= 11 is 0. The number of hydrogen-bond donors (Lipinski definition) is 3. The molecule has 1 heterocycles. The van der Waals surface area contributed by atoms with Crippen LogP contribution < -0.4 is 16.0 Å². The Morgan fingerprint density at radius 2 is 1.66 bits per heavy atom. The number of hydrogen-bond acceptors (Lipinski definition) is 4. The van der Waals surface area contributed by atoms with E-state index >= 15 is 0 Å². The second-order valence-corrected chi connectivity index (χ2v) is 9.29. The van der Waals surface area contributed by atoms with E-state index in [-0.39, 0.29) is 24.9 Å². The molecule has 0 aromatic heterocycles. The van der Waals surface area contributed by atoms with Gasteiger partial charge in [-0.3, -0.25) is 14.5 Å². The molecule has 172 valence electrons. The van der Waals surface area contributed by atoms with Crippen molar-refractivity contribution in [2.45, 2.75) is 60.7 Å². The van der Waals surface area contributed by atoms with Crippen molar-refractivity contribution >= 4 is 23.2 Å². The minimum Gasteiger partial charge on any atom is -0.376 e. The molecule has 3 rings (SSSR count). The van der Waals surface area contributed by atoms with Crippen LogP contribution in [-0.4, -0.2) is 35.8 Å². The van der Waals surface area contributed by atoms with Crippen LogP contribution in [0.25, 0.3) is 0 Å². The average molecular weight is 437 g/mol. The van der Waals surface area contributed by atoms with Crippen LogP contribution in [0.4, 0.5) is 11.4 Å². The van der Waals surface area contributed by atoms with Gasteiger partial charge in [0.15, 0.2) is 0 Å². The Labute approximate surface area is 191 Å². The van der Waals surface area contributed by atoms with Gasteiger partial charge in [-0.1, -0.05) is 43.7 Å². The van der Waals surface area contributed by atoms with E-state index in [0.717, 1.165) is 41.2 Å². The summed E-state index contributed by atoms with van der Waals surface area (Å²) in [6, 6.07) is 10.8. The predicted molar refractivity (Wildman–Crippen MR) is 131 cm³/mol. The topological polar surface area (TPSA) is 73.5 Å². The molecule has 2 aromatic carbocycles. The molecule has 1 unspecified atom stereocenters. The largest absolute Gasteiger partial charge is 0.376 e. The number of carbonyl (C=O) groups excluding carboxylic acids is 2. The Kier molecular flexibility index (Phi) is 7.56. The number of benzene rings is 2. The first-order valence-electron chi connectivity index (χ1n) is 11.4. The molecule has 1 aliphatic heterocycles. The molecule has 32 heavy (non-hydrogen) atoms. The lowest BCUT2D eigenvalue weighted by atomic mass is 10.1.